The van der Waals surface area contributed by atoms with Crippen LogP contribution in [-0.4, -0.2) is 12.6 Å². The second-order valence-electron chi connectivity index (χ2n) is 5.53. The van der Waals surface area contributed by atoms with E-state index in [1.54, 1.807) is 0 Å². The lowest BCUT2D eigenvalue weighted by Gasteiger charge is -2.18. The maximum atomic E-state index is 13.0. The first kappa shape index (κ1) is 14.8. The van der Waals surface area contributed by atoms with E-state index in [-0.39, 0.29) is 5.82 Å². The van der Waals surface area contributed by atoms with Crippen molar-refractivity contribution in [1.29, 1.82) is 0 Å². The molecule has 0 saturated heterocycles. The molecule has 106 valence electrons. The minimum Gasteiger partial charge on any atom is -0.314 e. The molecule has 1 aromatic carbocycles. The van der Waals surface area contributed by atoms with Crippen molar-refractivity contribution in [2.45, 2.75) is 51.5 Å². The molecule has 0 heterocycles. The van der Waals surface area contributed by atoms with Crippen molar-refractivity contribution in [2.24, 2.45) is 5.92 Å². The quantitative estimate of drug-likeness (QED) is 0.736. The van der Waals surface area contributed by atoms with Gasteiger partial charge in [-0.05, 0) is 68.7 Å². The third kappa shape index (κ3) is 4.77. The monoisotopic (exact) mass is 283 g/mol. The molecule has 2 rings (SSSR count). The van der Waals surface area contributed by atoms with Gasteiger partial charge in [-0.1, -0.05) is 24.6 Å². The first-order valence-corrected chi connectivity index (χ1v) is 7.75. The molecule has 1 unspecified atom stereocenters. The van der Waals surface area contributed by atoms with Gasteiger partial charge in [-0.2, -0.15) is 0 Å². The topological polar surface area (TPSA) is 12.0 Å². The summed E-state index contributed by atoms with van der Waals surface area (Å²) in [5.41, 5.74) is 1.06. The van der Waals surface area contributed by atoms with Crippen LogP contribution >= 0.6 is 11.6 Å². The smallest absolute Gasteiger partial charge is 0.124 e. The minimum atomic E-state index is -0.255. The van der Waals surface area contributed by atoms with Crippen molar-refractivity contribution < 1.29 is 4.39 Å². The standard InChI is InChI=1S/C16H23ClFN/c1-2-10-19-16(13-6-7-13)5-3-4-12-8-9-14(18)11-15(12)17/h8-9,11,13,16,19H,2-7,10H2,1H3. The Labute approximate surface area is 120 Å². The van der Waals surface area contributed by atoms with E-state index < -0.39 is 0 Å². The van der Waals surface area contributed by atoms with Crippen LogP contribution in [0.25, 0.3) is 0 Å². The van der Waals surface area contributed by atoms with Crippen molar-refractivity contribution in [2.75, 3.05) is 6.54 Å². The number of benzene rings is 1. The predicted molar refractivity (Wildman–Crippen MR) is 79.2 cm³/mol. The molecule has 0 spiro atoms. The van der Waals surface area contributed by atoms with E-state index in [0.29, 0.717) is 11.1 Å². The van der Waals surface area contributed by atoms with Crippen LogP contribution in [0.15, 0.2) is 18.2 Å². The van der Waals surface area contributed by atoms with E-state index in [1.165, 1.54) is 37.8 Å². The van der Waals surface area contributed by atoms with Crippen molar-refractivity contribution in [3.05, 3.63) is 34.6 Å². The Balaban J connectivity index is 1.77. The second kappa shape index (κ2) is 7.25. The SMILES string of the molecule is CCCNC(CCCc1ccc(F)cc1Cl)C1CC1. The van der Waals surface area contributed by atoms with E-state index in [4.69, 9.17) is 11.6 Å². The summed E-state index contributed by atoms with van der Waals surface area (Å²) in [5.74, 6) is 0.629. The average Bonchev–Trinajstić information content (AvgIpc) is 3.20. The molecule has 0 amide bonds. The van der Waals surface area contributed by atoms with E-state index in [9.17, 15) is 4.39 Å². The van der Waals surface area contributed by atoms with Crippen LogP contribution in [0.2, 0.25) is 5.02 Å². The van der Waals surface area contributed by atoms with Gasteiger partial charge in [0.05, 0.1) is 0 Å². The van der Waals surface area contributed by atoms with Gasteiger partial charge in [-0.25, -0.2) is 4.39 Å². The number of hydrogen-bond acceptors (Lipinski definition) is 1. The fourth-order valence-corrected chi connectivity index (χ4v) is 2.83. The number of aryl methyl sites for hydroxylation is 1. The van der Waals surface area contributed by atoms with E-state index >= 15 is 0 Å². The largest absolute Gasteiger partial charge is 0.314 e. The van der Waals surface area contributed by atoms with Crippen molar-refractivity contribution in [3.63, 3.8) is 0 Å². The summed E-state index contributed by atoms with van der Waals surface area (Å²) in [6.45, 7) is 3.31. The number of halogens is 2. The molecule has 0 bridgehead atoms. The summed E-state index contributed by atoms with van der Waals surface area (Å²) in [5, 5.41) is 4.21. The van der Waals surface area contributed by atoms with E-state index in [2.05, 4.69) is 12.2 Å². The summed E-state index contributed by atoms with van der Waals surface area (Å²) in [6.07, 6.45) is 7.18. The van der Waals surface area contributed by atoms with Gasteiger partial charge in [0.1, 0.15) is 5.82 Å². The summed E-state index contributed by atoms with van der Waals surface area (Å²) >= 11 is 6.05. The van der Waals surface area contributed by atoms with E-state index in [1.807, 2.05) is 6.07 Å². The molecule has 0 aliphatic heterocycles. The van der Waals surface area contributed by atoms with Crippen LogP contribution in [0.1, 0.15) is 44.6 Å². The normalized spacial score (nSPS) is 16.6. The zero-order valence-electron chi connectivity index (χ0n) is 11.6. The fourth-order valence-electron chi connectivity index (χ4n) is 2.57. The number of hydrogen-bond donors (Lipinski definition) is 1. The zero-order valence-corrected chi connectivity index (χ0v) is 12.3. The van der Waals surface area contributed by atoms with Crippen LogP contribution in [0.4, 0.5) is 4.39 Å². The molecule has 1 N–H and O–H groups in total. The van der Waals surface area contributed by atoms with Crippen molar-refractivity contribution in [1.82, 2.24) is 5.32 Å². The molecular weight excluding hydrogens is 261 g/mol. The Hall–Kier alpha value is -0.600. The first-order chi connectivity index (χ1) is 9.20. The fraction of sp³-hybridized carbons (Fsp3) is 0.625. The van der Waals surface area contributed by atoms with Crippen LogP contribution in [0, 0.1) is 11.7 Å². The van der Waals surface area contributed by atoms with Gasteiger partial charge in [-0.15, -0.1) is 0 Å². The molecule has 1 aliphatic carbocycles. The number of rotatable bonds is 8. The van der Waals surface area contributed by atoms with Gasteiger partial charge in [0.15, 0.2) is 0 Å². The maximum absolute atomic E-state index is 13.0. The Morgan fingerprint density at radius 1 is 1.42 bits per heavy atom. The Kier molecular flexibility index (Phi) is 5.65. The molecular formula is C16H23ClFN. The summed E-state index contributed by atoms with van der Waals surface area (Å²) in [6, 6.07) is 5.38. The molecule has 0 aromatic heterocycles. The summed E-state index contributed by atoms with van der Waals surface area (Å²) < 4.78 is 13.0. The number of nitrogens with one attached hydrogen (secondary N) is 1. The lowest BCUT2D eigenvalue weighted by atomic mass is 10.0. The van der Waals surface area contributed by atoms with Gasteiger partial charge < -0.3 is 5.32 Å². The van der Waals surface area contributed by atoms with Gasteiger partial charge in [0, 0.05) is 11.1 Å². The average molecular weight is 284 g/mol. The predicted octanol–water partition coefficient (Wildman–Crippen LogP) is 4.58. The van der Waals surface area contributed by atoms with E-state index in [0.717, 1.165) is 30.9 Å². The Bertz CT molecular complexity index is 404. The molecule has 1 saturated carbocycles. The Morgan fingerprint density at radius 3 is 2.84 bits per heavy atom. The van der Waals surface area contributed by atoms with Gasteiger partial charge in [0.25, 0.3) is 0 Å². The third-order valence-electron chi connectivity index (χ3n) is 3.82. The highest BCUT2D eigenvalue weighted by Gasteiger charge is 2.30. The molecule has 1 atom stereocenters. The van der Waals surface area contributed by atoms with Crippen LogP contribution in [0.3, 0.4) is 0 Å². The second-order valence-corrected chi connectivity index (χ2v) is 5.93. The highest BCUT2D eigenvalue weighted by molar-refractivity contribution is 6.31. The highest BCUT2D eigenvalue weighted by atomic mass is 35.5. The molecule has 1 fully saturated rings. The van der Waals surface area contributed by atoms with Gasteiger partial charge >= 0.3 is 0 Å². The maximum Gasteiger partial charge on any atom is 0.124 e. The molecule has 0 radical (unpaired) electrons. The van der Waals surface area contributed by atoms with Crippen LogP contribution in [0.5, 0.6) is 0 Å². The summed E-state index contributed by atoms with van der Waals surface area (Å²) in [7, 11) is 0. The molecule has 1 nitrogen and oxygen atoms in total. The van der Waals surface area contributed by atoms with Crippen LogP contribution < -0.4 is 5.32 Å². The molecule has 3 heteroatoms. The van der Waals surface area contributed by atoms with Gasteiger partial charge in [-0.3, -0.25) is 0 Å². The molecule has 1 aromatic rings. The van der Waals surface area contributed by atoms with Gasteiger partial charge in [0.2, 0.25) is 0 Å². The zero-order chi connectivity index (χ0) is 13.7. The van der Waals surface area contributed by atoms with Crippen LogP contribution in [-0.2, 0) is 6.42 Å². The minimum absolute atomic E-state index is 0.255. The Morgan fingerprint density at radius 2 is 2.21 bits per heavy atom. The first-order valence-electron chi connectivity index (χ1n) is 7.38. The van der Waals surface area contributed by atoms with Crippen molar-refractivity contribution in [3.8, 4) is 0 Å². The molecule has 19 heavy (non-hydrogen) atoms. The third-order valence-corrected chi connectivity index (χ3v) is 4.18. The lowest BCUT2D eigenvalue weighted by molar-refractivity contribution is 0.425. The van der Waals surface area contributed by atoms with Crippen molar-refractivity contribution >= 4 is 11.6 Å². The lowest BCUT2D eigenvalue weighted by Crippen LogP contribution is -2.31. The molecule has 1 aliphatic rings. The summed E-state index contributed by atoms with van der Waals surface area (Å²) in [4.78, 5) is 0. The highest BCUT2D eigenvalue weighted by Crippen LogP contribution is 2.34.